The number of hydrogen-bond acceptors (Lipinski definition) is 9. The van der Waals surface area contributed by atoms with Gasteiger partial charge in [-0.3, -0.25) is 38.8 Å². The molecule has 0 radical (unpaired) electrons. The second-order valence-electron chi connectivity index (χ2n) is 15.7. The number of primary amides is 1. The first kappa shape index (κ1) is 48.5. The van der Waals surface area contributed by atoms with Crippen LogP contribution in [0.25, 0.3) is 21.8 Å². The third-order valence-corrected chi connectivity index (χ3v) is 10.4. The van der Waals surface area contributed by atoms with Crippen molar-refractivity contribution >= 4 is 69.2 Å². The number of carbonyl (C=O) groups is 6. The van der Waals surface area contributed by atoms with Gasteiger partial charge in [-0.05, 0) is 61.8 Å². The van der Waals surface area contributed by atoms with E-state index in [-0.39, 0.29) is 50.7 Å². The Balaban J connectivity index is 1.49. The molecule has 0 aliphatic rings. The summed E-state index contributed by atoms with van der Waals surface area (Å²) in [5.74, 6) is -4.84. The zero-order valence-corrected chi connectivity index (χ0v) is 35.8. The molecule has 0 unspecified atom stereocenters. The van der Waals surface area contributed by atoms with Gasteiger partial charge in [-0.15, -0.1) is 0 Å². The monoisotopic (exact) mass is 871 g/mol. The fourth-order valence-electron chi connectivity index (χ4n) is 6.90. The lowest BCUT2D eigenvalue weighted by Gasteiger charge is -2.27. The molecular weight excluding hydrogens is 811 g/mol. The normalized spacial score (nSPS) is 14.0. The van der Waals surface area contributed by atoms with Gasteiger partial charge in [-0.2, -0.15) is 0 Å². The Morgan fingerprint density at radius 3 is 1.52 bits per heavy atom. The molecule has 2 heterocycles. The second-order valence-corrected chi connectivity index (χ2v) is 15.7. The molecule has 0 saturated carbocycles. The summed E-state index contributed by atoms with van der Waals surface area (Å²) < 4.78 is 0. The van der Waals surface area contributed by atoms with Crippen LogP contribution in [0.4, 0.5) is 0 Å². The van der Waals surface area contributed by atoms with Crippen LogP contribution < -0.4 is 61.0 Å². The third-order valence-electron chi connectivity index (χ3n) is 10.4. The van der Waals surface area contributed by atoms with Crippen molar-refractivity contribution < 1.29 is 28.8 Å². The Hall–Kier alpha value is -7.16. The summed E-state index contributed by atoms with van der Waals surface area (Å²) in [6.07, 6.45) is 4.63. The number of nitrogens with zero attached hydrogens (tertiary/aromatic N) is 2. The number of guanidine groups is 2. The van der Waals surface area contributed by atoms with E-state index < -0.39 is 77.6 Å². The van der Waals surface area contributed by atoms with Gasteiger partial charge < -0.3 is 71.0 Å². The van der Waals surface area contributed by atoms with E-state index in [4.69, 9.17) is 34.4 Å². The number of amides is 6. The summed E-state index contributed by atoms with van der Waals surface area (Å²) in [5, 5.41) is 15.2. The van der Waals surface area contributed by atoms with Crippen LogP contribution in [0.2, 0.25) is 0 Å². The van der Waals surface area contributed by atoms with E-state index in [0.29, 0.717) is 18.4 Å². The molecule has 0 aliphatic heterocycles. The number of rotatable bonds is 24. The van der Waals surface area contributed by atoms with Crippen molar-refractivity contribution in [2.24, 2.45) is 50.3 Å². The minimum atomic E-state index is -1.22. The van der Waals surface area contributed by atoms with Gasteiger partial charge in [0.05, 0.1) is 6.04 Å². The molecule has 0 fully saturated rings. The lowest BCUT2D eigenvalue weighted by atomic mass is 10.00. The number of carbonyl (C=O) groups excluding carboxylic acids is 6. The van der Waals surface area contributed by atoms with E-state index in [1.165, 1.54) is 6.92 Å². The predicted molar refractivity (Wildman–Crippen MR) is 241 cm³/mol. The maximum absolute atomic E-state index is 14.1. The Bertz CT molecular complexity index is 2280. The maximum Gasteiger partial charge on any atom is 0.243 e. The molecular formula is C42H61N15O6. The zero-order valence-electron chi connectivity index (χ0n) is 35.8. The average Bonchev–Trinajstić information content (AvgIpc) is 3.84. The van der Waals surface area contributed by atoms with Crippen molar-refractivity contribution in [1.82, 2.24) is 36.6 Å². The van der Waals surface area contributed by atoms with Crippen LogP contribution in [-0.2, 0) is 41.6 Å². The lowest BCUT2D eigenvalue weighted by molar-refractivity contribution is -0.135. The summed E-state index contributed by atoms with van der Waals surface area (Å²) >= 11 is 0. The number of aromatic nitrogens is 2. The van der Waals surface area contributed by atoms with Gasteiger partial charge in [-0.1, -0.05) is 50.2 Å². The smallest absolute Gasteiger partial charge is 0.243 e. The molecule has 21 nitrogen and oxygen atoms in total. The first-order valence-electron chi connectivity index (χ1n) is 20.7. The Morgan fingerprint density at radius 2 is 1.03 bits per heavy atom. The van der Waals surface area contributed by atoms with Crippen molar-refractivity contribution in [2.75, 3.05) is 13.1 Å². The van der Waals surface area contributed by atoms with Gasteiger partial charge in [0.1, 0.15) is 30.2 Å². The van der Waals surface area contributed by atoms with Crippen molar-refractivity contribution in [1.29, 1.82) is 0 Å². The molecule has 0 aliphatic carbocycles. The maximum atomic E-state index is 14.1. The van der Waals surface area contributed by atoms with E-state index in [2.05, 4.69) is 46.5 Å². The molecule has 4 aromatic rings. The number of fused-ring (bicyclic) bond motifs is 2. The molecule has 4 rings (SSSR count). The number of para-hydroxylation sites is 2. The van der Waals surface area contributed by atoms with Crippen molar-refractivity contribution in [3.63, 3.8) is 0 Å². The molecule has 340 valence electrons. The van der Waals surface area contributed by atoms with Crippen molar-refractivity contribution in [2.45, 2.75) is 95.5 Å². The number of benzene rings is 2. The number of aromatic amines is 2. The fourth-order valence-corrected chi connectivity index (χ4v) is 6.90. The molecule has 6 atom stereocenters. The van der Waals surface area contributed by atoms with Crippen LogP contribution in [-0.4, -0.2) is 107 Å². The molecule has 2 aromatic heterocycles. The summed E-state index contributed by atoms with van der Waals surface area (Å²) in [6, 6.07) is 8.04. The summed E-state index contributed by atoms with van der Waals surface area (Å²) in [5.41, 5.74) is 36.5. The molecule has 6 amide bonds. The van der Waals surface area contributed by atoms with Crippen LogP contribution in [0.5, 0.6) is 0 Å². The first-order valence-corrected chi connectivity index (χ1v) is 20.7. The third kappa shape index (κ3) is 14.5. The first-order chi connectivity index (χ1) is 29.9. The van der Waals surface area contributed by atoms with Crippen LogP contribution in [0.3, 0.4) is 0 Å². The van der Waals surface area contributed by atoms with Gasteiger partial charge >= 0.3 is 0 Å². The van der Waals surface area contributed by atoms with Crippen LogP contribution in [0.1, 0.15) is 57.6 Å². The van der Waals surface area contributed by atoms with E-state index in [1.807, 2.05) is 48.5 Å². The SMILES string of the molecule is CC(C)[C@H](NC(=O)[C@H](Cc1c[nH]c2ccccc12)NC(=O)[C@@H](N)CCCN=C(N)N)C(=O)N[C@@H](C)C(=O)N[C@@H](Cc1c[nH]c2ccccc12)C(=O)N[C@@H](CCCN=C(N)N)C(N)=O. The summed E-state index contributed by atoms with van der Waals surface area (Å²) in [7, 11) is 0. The van der Waals surface area contributed by atoms with Crippen molar-refractivity contribution in [3.8, 4) is 0 Å². The molecule has 21 heteroatoms. The Morgan fingerprint density at radius 1 is 0.571 bits per heavy atom. The minimum Gasteiger partial charge on any atom is -0.370 e. The predicted octanol–water partition coefficient (Wildman–Crippen LogP) is -1.55. The molecule has 0 spiro atoms. The number of aliphatic imine (C=N–C) groups is 2. The van der Waals surface area contributed by atoms with Gasteiger partial charge in [0.2, 0.25) is 35.4 Å². The number of H-pyrrole nitrogens is 2. The lowest BCUT2D eigenvalue weighted by Crippen LogP contribution is -2.60. The van der Waals surface area contributed by atoms with E-state index in [1.54, 1.807) is 26.2 Å². The fraction of sp³-hybridized carbons (Fsp3) is 0.429. The summed E-state index contributed by atoms with van der Waals surface area (Å²) in [4.78, 5) is 95.4. The minimum absolute atomic E-state index is 0.00980. The van der Waals surface area contributed by atoms with Gasteiger partial charge in [0.15, 0.2) is 11.9 Å². The van der Waals surface area contributed by atoms with Gasteiger partial charge in [0.25, 0.3) is 0 Å². The van der Waals surface area contributed by atoms with Crippen LogP contribution in [0.15, 0.2) is 70.9 Å². The number of nitrogens with one attached hydrogen (secondary N) is 7. The molecule has 19 N–H and O–H groups in total. The molecule has 2 aromatic carbocycles. The molecule has 0 saturated heterocycles. The quantitative estimate of drug-likeness (QED) is 0.0217. The van der Waals surface area contributed by atoms with Gasteiger partial charge in [0, 0.05) is 60.1 Å². The molecule has 0 bridgehead atoms. The highest BCUT2D eigenvalue weighted by molar-refractivity contribution is 5.97. The molecule has 63 heavy (non-hydrogen) atoms. The highest BCUT2D eigenvalue weighted by Gasteiger charge is 2.33. The highest BCUT2D eigenvalue weighted by Crippen LogP contribution is 2.21. The van der Waals surface area contributed by atoms with E-state index in [0.717, 1.165) is 27.4 Å². The second kappa shape index (κ2) is 23.2. The highest BCUT2D eigenvalue weighted by atomic mass is 16.2. The van der Waals surface area contributed by atoms with E-state index >= 15 is 0 Å². The van der Waals surface area contributed by atoms with Crippen molar-refractivity contribution in [3.05, 3.63) is 72.1 Å². The Labute approximate surface area is 364 Å². The number of hydrogen-bond donors (Lipinski definition) is 13. The largest absolute Gasteiger partial charge is 0.370 e. The zero-order chi connectivity index (χ0) is 46.2. The Kier molecular flexibility index (Phi) is 17.8. The standard InChI is InChI=1S/C42H61N15O6/c1-22(2)34(57-39(62)33(19-25-21-52-30-14-7-5-11-27(25)30)56-37(60)28(43)12-8-16-49-41(45)46)40(63)53-23(3)36(59)55-32(18-24-20-51-29-13-6-4-10-26(24)29)38(61)54-31(35(44)58)15-9-17-50-42(47)48/h4-7,10-11,13-14,20-23,28,31-34,51-52H,8-9,12,15-19,43H2,1-3H3,(H2,44,58)(H,53,63)(H,54,61)(H,55,59)(H,56,60)(H,57,62)(H4,45,46,49)(H4,47,48,50)/t23-,28-,31-,32-,33-,34-/m0/s1. The summed E-state index contributed by atoms with van der Waals surface area (Å²) in [6.45, 7) is 5.31. The van der Waals surface area contributed by atoms with E-state index in [9.17, 15) is 28.8 Å². The van der Waals surface area contributed by atoms with Crippen LogP contribution in [0, 0.1) is 5.92 Å². The van der Waals surface area contributed by atoms with Crippen LogP contribution >= 0.6 is 0 Å². The average molecular weight is 872 g/mol. The topological polar surface area (TPSA) is 375 Å². The number of nitrogens with two attached hydrogens (primary N) is 6. The van der Waals surface area contributed by atoms with Gasteiger partial charge in [-0.25, -0.2) is 0 Å².